The number of para-hydroxylation sites is 1. The minimum atomic E-state index is -0.122. The Kier molecular flexibility index (Phi) is 4.92. The van der Waals surface area contributed by atoms with E-state index in [0.717, 1.165) is 19.5 Å². The molecule has 0 aliphatic carbocycles. The van der Waals surface area contributed by atoms with Gasteiger partial charge in [0.2, 0.25) is 0 Å². The van der Waals surface area contributed by atoms with Crippen molar-refractivity contribution in [3.05, 3.63) is 29.8 Å². The number of carbonyl (C=O) groups excluding carboxylic acids is 1. The van der Waals surface area contributed by atoms with Gasteiger partial charge in [0.1, 0.15) is 10.7 Å². The quantitative estimate of drug-likeness (QED) is 0.775. The summed E-state index contributed by atoms with van der Waals surface area (Å²) in [6, 6.07) is 7.39. The van der Waals surface area contributed by atoms with E-state index >= 15 is 0 Å². The van der Waals surface area contributed by atoms with Gasteiger partial charge < -0.3 is 20.7 Å². The Labute approximate surface area is 124 Å². The van der Waals surface area contributed by atoms with Gasteiger partial charge >= 0.3 is 0 Å². The predicted molar refractivity (Wildman–Crippen MR) is 81.9 cm³/mol. The van der Waals surface area contributed by atoms with Crippen LogP contribution >= 0.6 is 12.2 Å². The second-order valence-corrected chi connectivity index (χ2v) is 5.40. The van der Waals surface area contributed by atoms with E-state index in [9.17, 15) is 4.79 Å². The molecular formula is C14H19N3O2S. The number of nitrogens with one attached hydrogen (secondary N) is 1. The van der Waals surface area contributed by atoms with E-state index in [0.29, 0.717) is 11.3 Å². The Morgan fingerprint density at radius 2 is 2.30 bits per heavy atom. The third-order valence-corrected chi connectivity index (χ3v) is 3.49. The third-order valence-electron chi connectivity index (χ3n) is 3.27. The first kappa shape index (κ1) is 14.7. The van der Waals surface area contributed by atoms with Crippen LogP contribution in [0.4, 0.5) is 0 Å². The predicted octanol–water partition coefficient (Wildman–Crippen LogP) is 0.520. The molecule has 1 aromatic carbocycles. The van der Waals surface area contributed by atoms with Gasteiger partial charge in [0.05, 0.1) is 5.56 Å². The molecule has 1 aromatic rings. The number of nitrogens with two attached hydrogens (primary N) is 1. The second-order valence-electron chi connectivity index (χ2n) is 4.96. The van der Waals surface area contributed by atoms with Crippen molar-refractivity contribution in [3.63, 3.8) is 0 Å². The Hall–Kier alpha value is -1.66. The van der Waals surface area contributed by atoms with E-state index in [2.05, 4.69) is 10.2 Å². The van der Waals surface area contributed by atoms with Crippen LogP contribution in [0.1, 0.15) is 12.0 Å². The Bertz CT molecular complexity index is 507. The standard InChI is InChI=1S/C14H19N3O2S/c1-17-7-6-10(8-17)16-13(18)9-19-12-5-3-2-4-11(12)14(15)20/h2-5,10H,6-9H2,1H3,(H2,15,20)(H,16,18). The molecule has 20 heavy (non-hydrogen) atoms. The first-order valence-electron chi connectivity index (χ1n) is 6.56. The highest BCUT2D eigenvalue weighted by Gasteiger charge is 2.21. The van der Waals surface area contributed by atoms with Gasteiger partial charge in [0.15, 0.2) is 6.61 Å². The van der Waals surface area contributed by atoms with E-state index in [-0.39, 0.29) is 23.5 Å². The summed E-state index contributed by atoms with van der Waals surface area (Å²) < 4.78 is 5.50. The molecule has 1 aliphatic rings. The van der Waals surface area contributed by atoms with Crippen LogP contribution in [0.25, 0.3) is 0 Å². The minimum Gasteiger partial charge on any atom is -0.483 e. The van der Waals surface area contributed by atoms with Gasteiger partial charge in [-0.3, -0.25) is 4.79 Å². The lowest BCUT2D eigenvalue weighted by molar-refractivity contribution is -0.123. The molecule has 0 bridgehead atoms. The molecule has 0 aromatic heterocycles. The molecule has 1 unspecified atom stereocenters. The van der Waals surface area contributed by atoms with Crippen molar-refractivity contribution in [3.8, 4) is 5.75 Å². The van der Waals surface area contributed by atoms with E-state index in [1.807, 2.05) is 19.2 Å². The maximum absolute atomic E-state index is 11.8. The first-order chi connectivity index (χ1) is 9.56. The molecule has 1 heterocycles. The lowest BCUT2D eigenvalue weighted by Gasteiger charge is -2.14. The number of carbonyl (C=O) groups is 1. The molecule has 1 atom stereocenters. The summed E-state index contributed by atoms with van der Waals surface area (Å²) in [7, 11) is 2.04. The Morgan fingerprint density at radius 3 is 2.95 bits per heavy atom. The van der Waals surface area contributed by atoms with E-state index in [1.165, 1.54) is 0 Å². The summed E-state index contributed by atoms with van der Waals surface area (Å²) in [5.74, 6) is 0.418. The Balaban J connectivity index is 1.86. The average Bonchev–Trinajstić information content (AvgIpc) is 2.82. The summed E-state index contributed by atoms with van der Waals surface area (Å²) in [6.45, 7) is 1.87. The fourth-order valence-electron chi connectivity index (χ4n) is 2.26. The van der Waals surface area contributed by atoms with Crippen molar-refractivity contribution in [2.75, 3.05) is 26.7 Å². The van der Waals surface area contributed by atoms with Gasteiger partial charge in [0, 0.05) is 12.6 Å². The number of likely N-dealkylation sites (tertiary alicyclic amines) is 1. The molecule has 5 nitrogen and oxygen atoms in total. The van der Waals surface area contributed by atoms with Crippen molar-refractivity contribution in [1.29, 1.82) is 0 Å². The molecule has 1 amide bonds. The molecule has 0 spiro atoms. The Morgan fingerprint density at radius 1 is 1.55 bits per heavy atom. The molecule has 0 saturated carbocycles. The van der Waals surface area contributed by atoms with Gasteiger partial charge in [-0.05, 0) is 32.1 Å². The number of benzene rings is 1. The largest absolute Gasteiger partial charge is 0.483 e. The van der Waals surface area contributed by atoms with Gasteiger partial charge in [0.25, 0.3) is 5.91 Å². The number of nitrogens with zero attached hydrogens (tertiary/aromatic N) is 1. The highest BCUT2D eigenvalue weighted by atomic mass is 32.1. The number of likely N-dealkylation sites (N-methyl/N-ethyl adjacent to an activating group) is 1. The molecule has 1 saturated heterocycles. The smallest absolute Gasteiger partial charge is 0.258 e. The van der Waals surface area contributed by atoms with Crippen LogP contribution < -0.4 is 15.8 Å². The normalized spacial score (nSPS) is 18.8. The SMILES string of the molecule is CN1CCC(NC(=O)COc2ccccc2C(N)=S)C1. The van der Waals surface area contributed by atoms with Crippen LogP contribution in [0.5, 0.6) is 5.75 Å². The van der Waals surface area contributed by atoms with Crippen molar-refractivity contribution < 1.29 is 9.53 Å². The fourth-order valence-corrected chi connectivity index (χ4v) is 2.43. The minimum absolute atomic E-state index is 0.0279. The lowest BCUT2D eigenvalue weighted by atomic mass is 10.2. The number of hydrogen-bond acceptors (Lipinski definition) is 4. The van der Waals surface area contributed by atoms with Crippen LogP contribution in [0.3, 0.4) is 0 Å². The molecule has 1 fully saturated rings. The molecule has 6 heteroatoms. The van der Waals surface area contributed by atoms with Crippen molar-refractivity contribution in [2.24, 2.45) is 5.73 Å². The summed E-state index contributed by atoms with van der Waals surface area (Å²) >= 11 is 4.95. The van der Waals surface area contributed by atoms with Crippen LogP contribution in [-0.2, 0) is 4.79 Å². The first-order valence-corrected chi connectivity index (χ1v) is 6.96. The molecule has 0 radical (unpaired) electrons. The summed E-state index contributed by atoms with van der Waals surface area (Å²) in [6.07, 6.45) is 0.978. The second kappa shape index (κ2) is 6.67. The number of rotatable bonds is 5. The average molecular weight is 293 g/mol. The summed E-state index contributed by atoms with van der Waals surface area (Å²) in [5, 5.41) is 2.96. The zero-order valence-corrected chi connectivity index (χ0v) is 12.3. The van der Waals surface area contributed by atoms with Crippen molar-refractivity contribution in [1.82, 2.24) is 10.2 Å². The highest BCUT2D eigenvalue weighted by molar-refractivity contribution is 7.80. The zero-order chi connectivity index (χ0) is 14.5. The van der Waals surface area contributed by atoms with E-state index in [1.54, 1.807) is 12.1 Å². The van der Waals surface area contributed by atoms with Crippen molar-refractivity contribution >= 4 is 23.1 Å². The number of hydrogen-bond donors (Lipinski definition) is 2. The van der Waals surface area contributed by atoms with E-state index < -0.39 is 0 Å². The van der Waals surface area contributed by atoms with Crippen LogP contribution in [0.15, 0.2) is 24.3 Å². The van der Waals surface area contributed by atoms with E-state index in [4.69, 9.17) is 22.7 Å². The highest BCUT2D eigenvalue weighted by Crippen LogP contribution is 2.17. The molecule has 3 N–H and O–H groups in total. The third kappa shape index (κ3) is 3.91. The van der Waals surface area contributed by atoms with Crippen LogP contribution in [0, 0.1) is 0 Å². The van der Waals surface area contributed by atoms with Gasteiger partial charge in [-0.25, -0.2) is 0 Å². The molecule has 2 rings (SSSR count). The number of ether oxygens (including phenoxy) is 1. The van der Waals surface area contributed by atoms with Gasteiger partial charge in [-0.1, -0.05) is 24.4 Å². The molecular weight excluding hydrogens is 274 g/mol. The maximum Gasteiger partial charge on any atom is 0.258 e. The number of thiocarbonyl (C=S) groups is 1. The molecule has 1 aliphatic heterocycles. The maximum atomic E-state index is 11.8. The topological polar surface area (TPSA) is 67.6 Å². The van der Waals surface area contributed by atoms with Crippen LogP contribution in [-0.4, -0.2) is 48.6 Å². The lowest BCUT2D eigenvalue weighted by Crippen LogP contribution is -2.39. The monoisotopic (exact) mass is 293 g/mol. The van der Waals surface area contributed by atoms with Crippen molar-refractivity contribution in [2.45, 2.75) is 12.5 Å². The number of amides is 1. The van der Waals surface area contributed by atoms with Gasteiger partial charge in [-0.2, -0.15) is 0 Å². The molecule has 108 valence electrons. The van der Waals surface area contributed by atoms with Crippen LogP contribution in [0.2, 0.25) is 0 Å². The van der Waals surface area contributed by atoms with Gasteiger partial charge in [-0.15, -0.1) is 0 Å². The summed E-state index contributed by atoms with van der Waals surface area (Å²) in [5.41, 5.74) is 6.26. The fraction of sp³-hybridized carbons (Fsp3) is 0.429. The summed E-state index contributed by atoms with van der Waals surface area (Å²) in [4.78, 5) is 14.3. The zero-order valence-electron chi connectivity index (χ0n) is 11.5.